The van der Waals surface area contributed by atoms with Crippen LogP contribution in [0.2, 0.25) is 0 Å². The van der Waals surface area contributed by atoms with Crippen LogP contribution in [0.1, 0.15) is 11.1 Å². The van der Waals surface area contributed by atoms with E-state index in [0.717, 1.165) is 11.1 Å². The van der Waals surface area contributed by atoms with Crippen LogP contribution in [0.15, 0.2) is 23.1 Å². The first kappa shape index (κ1) is 15.6. The molecule has 0 spiro atoms. The van der Waals surface area contributed by atoms with Gasteiger partial charge in [0.25, 0.3) is 0 Å². The van der Waals surface area contributed by atoms with Crippen molar-refractivity contribution in [2.75, 3.05) is 31.6 Å². The Labute approximate surface area is 122 Å². The van der Waals surface area contributed by atoms with Gasteiger partial charge in [0.05, 0.1) is 4.90 Å². The Balaban J connectivity index is 2.33. The van der Waals surface area contributed by atoms with Crippen molar-refractivity contribution in [1.82, 2.24) is 9.62 Å². The summed E-state index contributed by atoms with van der Waals surface area (Å²) in [6, 6.07) is 5.49. The number of rotatable bonds is 4. The highest BCUT2D eigenvalue weighted by Gasteiger charge is 2.29. The van der Waals surface area contributed by atoms with Crippen LogP contribution in [-0.2, 0) is 27.4 Å². The second kappa shape index (κ2) is 6.34. The van der Waals surface area contributed by atoms with E-state index in [1.165, 1.54) is 4.31 Å². The number of benzene rings is 1. The topological polar surface area (TPSA) is 66.5 Å². The van der Waals surface area contributed by atoms with E-state index in [1.54, 1.807) is 13.0 Å². The van der Waals surface area contributed by atoms with Gasteiger partial charge in [-0.15, -0.1) is 0 Å². The number of hydrogen-bond donors (Lipinski definition) is 1. The molecule has 1 fully saturated rings. The molecule has 1 N–H and O–H groups in total. The van der Waals surface area contributed by atoms with Gasteiger partial charge in [-0.3, -0.25) is 4.21 Å². The van der Waals surface area contributed by atoms with Crippen LogP contribution in [0.5, 0.6) is 0 Å². The molecule has 2 rings (SSSR count). The molecule has 0 bridgehead atoms. The molecule has 1 aromatic carbocycles. The second-order valence-electron chi connectivity index (χ2n) is 4.88. The molecule has 1 aliphatic rings. The van der Waals surface area contributed by atoms with Crippen LogP contribution in [0.25, 0.3) is 0 Å². The predicted octanol–water partition coefficient (Wildman–Crippen LogP) is 0.467. The number of nitrogens with zero attached hydrogens (tertiary/aromatic N) is 1. The Morgan fingerprint density at radius 3 is 2.55 bits per heavy atom. The van der Waals surface area contributed by atoms with E-state index in [0.29, 0.717) is 36.0 Å². The lowest BCUT2D eigenvalue weighted by Gasteiger charge is -2.26. The summed E-state index contributed by atoms with van der Waals surface area (Å²) in [5, 5.41) is 3.02. The van der Waals surface area contributed by atoms with Gasteiger partial charge in [-0.05, 0) is 31.2 Å². The molecular formula is C13H20N2O3S2. The first-order valence-corrected chi connectivity index (χ1v) is 9.47. The Hall–Kier alpha value is -0.760. The van der Waals surface area contributed by atoms with Crippen LogP contribution >= 0.6 is 0 Å². The normalized spacial score (nSPS) is 18.3. The van der Waals surface area contributed by atoms with Crippen LogP contribution in [0, 0.1) is 6.92 Å². The number of hydrogen-bond acceptors (Lipinski definition) is 4. The summed E-state index contributed by atoms with van der Waals surface area (Å²) < 4.78 is 38.2. The molecule has 0 amide bonds. The van der Waals surface area contributed by atoms with Crippen molar-refractivity contribution in [3.8, 4) is 0 Å². The van der Waals surface area contributed by atoms with Crippen LogP contribution < -0.4 is 5.32 Å². The fourth-order valence-corrected chi connectivity index (χ4v) is 5.24. The lowest BCUT2D eigenvalue weighted by molar-refractivity contribution is 0.438. The minimum Gasteiger partial charge on any atom is -0.316 e. The van der Waals surface area contributed by atoms with Crippen molar-refractivity contribution in [1.29, 1.82) is 0 Å². The van der Waals surface area contributed by atoms with Gasteiger partial charge >= 0.3 is 0 Å². The summed E-state index contributed by atoms with van der Waals surface area (Å²) >= 11 is 0. The van der Waals surface area contributed by atoms with Gasteiger partial charge in [-0.1, -0.05) is 12.1 Å². The third-order valence-corrected chi connectivity index (χ3v) is 6.70. The summed E-state index contributed by atoms with van der Waals surface area (Å²) in [6.07, 6.45) is 0. The molecule has 0 radical (unpaired) electrons. The summed E-state index contributed by atoms with van der Waals surface area (Å²) in [5.41, 5.74) is 1.69. The fraction of sp³-hybridized carbons (Fsp3) is 0.538. The third kappa shape index (κ3) is 3.28. The smallest absolute Gasteiger partial charge is 0.243 e. The highest BCUT2D eigenvalue weighted by molar-refractivity contribution is 7.89. The molecule has 0 saturated carbocycles. The summed E-state index contributed by atoms with van der Waals surface area (Å²) in [6.45, 7) is 3.11. The zero-order valence-corrected chi connectivity index (χ0v) is 13.4. The minimum atomic E-state index is -3.49. The highest BCUT2D eigenvalue weighted by Crippen LogP contribution is 2.22. The molecule has 5 nitrogen and oxygen atoms in total. The zero-order valence-electron chi connectivity index (χ0n) is 11.8. The number of sulfonamides is 1. The van der Waals surface area contributed by atoms with Gasteiger partial charge in [0.1, 0.15) is 0 Å². The van der Waals surface area contributed by atoms with Crippen molar-refractivity contribution >= 4 is 20.8 Å². The fourth-order valence-electron chi connectivity index (χ4n) is 2.24. The molecule has 0 aromatic heterocycles. The van der Waals surface area contributed by atoms with E-state index in [1.807, 2.05) is 19.2 Å². The molecule has 7 heteroatoms. The standard InChI is InChI=1S/C13H20N2O3S2/c1-11-3-4-12(10-14-2)9-13(11)20(17,18)15-5-7-19(16)8-6-15/h3-4,9,14H,5-8,10H2,1-2H3. The first-order chi connectivity index (χ1) is 9.45. The molecule has 0 aliphatic carbocycles. The van der Waals surface area contributed by atoms with Crippen molar-refractivity contribution < 1.29 is 12.6 Å². The van der Waals surface area contributed by atoms with Crippen LogP contribution in [0.3, 0.4) is 0 Å². The van der Waals surface area contributed by atoms with E-state index < -0.39 is 20.8 Å². The van der Waals surface area contributed by atoms with Gasteiger partial charge < -0.3 is 5.32 Å². The van der Waals surface area contributed by atoms with Gasteiger partial charge in [-0.2, -0.15) is 4.31 Å². The van der Waals surface area contributed by atoms with Crippen LogP contribution in [-0.4, -0.2) is 48.6 Å². The summed E-state index contributed by atoms with van der Waals surface area (Å²) in [5.74, 6) is 0.850. The van der Waals surface area contributed by atoms with Gasteiger partial charge in [-0.25, -0.2) is 8.42 Å². The van der Waals surface area contributed by atoms with Gasteiger partial charge in [0, 0.05) is 41.9 Å². The van der Waals surface area contributed by atoms with Gasteiger partial charge in [0.15, 0.2) is 0 Å². The molecular weight excluding hydrogens is 296 g/mol. The molecule has 1 aliphatic heterocycles. The van der Waals surface area contributed by atoms with Crippen molar-refractivity contribution in [3.05, 3.63) is 29.3 Å². The SMILES string of the molecule is CNCc1ccc(C)c(S(=O)(=O)N2CCS(=O)CC2)c1. The monoisotopic (exact) mass is 316 g/mol. The van der Waals surface area contributed by atoms with Crippen molar-refractivity contribution in [2.24, 2.45) is 0 Å². The van der Waals surface area contributed by atoms with E-state index in [4.69, 9.17) is 0 Å². The number of aryl methyl sites for hydroxylation is 1. The maximum Gasteiger partial charge on any atom is 0.243 e. The molecule has 20 heavy (non-hydrogen) atoms. The largest absolute Gasteiger partial charge is 0.316 e. The third-order valence-electron chi connectivity index (χ3n) is 3.39. The highest BCUT2D eigenvalue weighted by atomic mass is 32.2. The predicted molar refractivity (Wildman–Crippen MR) is 80.6 cm³/mol. The quantitative estimate of drug-likeness (QED) is 0.877. The zero-order chi connectivity index (χ0) is 14.8. The number of nitrogens with one attached hydrogen (secondary N) is 1. The molecule has 1 heterocycles. The Morgan fingerprint density at radius 2 is 1.95 bits per heavy atom. The van der Waals surface area contributed by atoms with Gasteiger partial charge in [0.2, 0.25) is 10.0 Å². The first-order valence-electron chi connectivity index (χ1n) is 6.54. The summed E-state index contributed by atoms with van der Waals surface area (Å²) in [7, 11) is -2.54. The minimum absolute atomic E-state index is 0.338. The van der Waals surface area contributed by atoms with Crippen molar-refractivity contribution in [3.63, 3.8) is 0 Å². The lowest BCUT2D eigenvalue weighted by atomic mass is 10.1. The Morgan fingerprint density at radius 1 is 1.30 bits per heavy atom. The Kier molecular flexibility index (Phi) is 4.95. The Bertz CT molecular complexity index is 604. The average Bonchev–Trinajstić information content (AvgIpc) is 2.41. The maximum atomic E-state index is 12.7. The summed E-state index contributed by atoms with van der Waals surface area (Å²) in [4.78, 5) is 0.359. The molecule has 0 unspecified atom stereocenters. The van der Waals surface area contributed by atoms with E-state index in [2.05, 4.69) is 5.32 Å². The van der Waals surface area contributed by atoms with E-state index in [9.17, 15) is 12.6 Å². The van der Waals surface area contributed by atoms with Crippen molar-refractivity contribution in [2.45, 2.75) is 18.4 Å². The second-order valence-corrected chi connectivity index (χ2v) is 8.48. The molecule has 112 valence electrons. The maximum absolute atomic E-state index is 12.7. The molecule has 0 atom stereocenters. The van der Waals surface area contributed by atoms with Crippen LogP contribution in [0.4, 0.5) is 0 Å². The van der Waals surface area contributed by atoms with E-state index in [-0.39, 0.29) is 0 Å². The molecule has 1 saturated heterocycles. The molecule has 1 aromatic rings. The average molecular weight is 316 g/mol. The lowest BCUT2D eigenvalue weighted by Crippen LogP contribution is -2.41. The van der Waals surface area contributed by atoms with E-state index >= 15 is 0 Å².